The molecular weight excluding hydrogens is 499 g/mol. The minimum atomic E-state index is -4.16. The van der Waals surface area contributed by atoms with Crippen LogP contribution < -0.4 is 15.0 Å². The van der Waals surface area contributed by atoms with Gasteiger partial charge < -0.3 is 15.0 Å². The van der Waals surface area contributed by atoms with Crippen LogP contribution in [0, 0.1) is 17.2 Å². The predicted molar refractivity (Wildman–Crippen MR) is 132 cm³/mol. The van der Waals surface area contributed by atoms with Crippen LogP contribution in [0.3, 0.4) is 0 Å². The molecule has 2 heterocycles. The minimum absolute atomic E-state index is 0.0776. The number of rotatable bonds is 5. The largest absolute Gasteiger partial charge is 0.495 e. The van der Waals surface area contributed by atoms with Crippen LogP contribution in [0.2, 0.25) is 0 Å². The van der Waals surface area contributed by atoms with Gasteiger partial charge in [0.05, 0.1) is 43.1 Å². The van der Waals surface area contributed by atoms with Crippen LogP contribution in [0.5, 0.6) is 5.75 Å². The number of methoxy groups -OCH3 is 1. The van der Waals surface area contributed by atoms with Crippen molar-refractivity contribution in [3.8, 4) is 11.8 Å². The molecule has 0 bridgehead atoms. The summed E-state index contributed by atoms with van der Waals surface area (Å²) >= 11 is 0. The minimum Gasteiger partial charge on any atom is -0.495 e. The highest BCUT2D eigenvalue weighted by Crippen LogP contribution is 2.49. The van der Waals surface area contributed by atoms with Gasteiger partial charge in [0.1, 0.15) is 17.5 Å². The van der Waals surface area contributed by atoms with E-state index in [1.807, 2.05) is 13.0 Å². The number of carbonyl (C=O) groups excluding carboxylic acids is 2. The van der Waals surface area contributed by atoms with Crippen LogP contribution in [0.15, 0.2) is 48.7 Å². The third-order valence-corrected chi connectivity index (χ3v) is 7.21. The molecule has 0 radical (unpaired) electrons. The second kappa shape index (κ2) is 9.52. The van der Waals surface area contributed by atoms with Gasteiger partial charge in [0.15, 0.2) is 0 Å². The third kappa shape index (κ3) is 4.47. The Morgan fingerprint density at radius 1 is 1.18 bits per heavy atom. The molecule has 1 fully saturated rings. The smallest absolute Gasteiger partial charge is 0.391 e. The van der Waals surface area contributed by atoms with Gasteiger partial charge in [-0.2, -0.15) is 23.5 Å². The normalized spacial score (nSPS) is 20.8. The molecule has 2 aliphatic rings. The predicted octanol–water partition coefficient (Wildman–Crippen LogP) is 5.12. The molecule has 1 atom stereocenters. The van der Waals surface area contributed by atoms with E-state index in [2.05, 4.69) is 10.4 Å². The van der Waals surface area contributed by atoms with E-state index in [0.29, 0.717) is 18.0 Å². The molecule has 5 rings (SSSR count). The summed E-state index contributed by atoms with van der Waals surface area (Å²) in [7, 11) is 1.43. The first-order valence-electron chi connectivity index (χ1n) is 12.1. The fourth-order valence-corrected chi connectivity index (χ4v) is 5.05. The van der Waals surface area contributed by atoms with Gasteiger partial charge >= 0.3 is 6.18 Å². The Morgan fingerprint density at radius 3 is 2.53 bits per heavy atom. The summed E-state index contributed by atoms with van der Waals surface area (Å²) in [6, 6.07) is 13.2. The molecule has 8 nitrogen and oxygen atoms in total. The van der Waals surface area contributed by atoms with Crippen molar-refractivity contribution in [2.45, 2.75) is 44.4 Å². The molecule has 38 heavy (non-hydrogen) atoms. The van der Waals surface area contributed by atoms with Gasteiger partial charge in [-0.25, -0.2) is 0 Å². The van der Waals surface area contributed by atoms with Crippen LogP contribution in [0.4, 0.5) is 24.5 Å². The van der Waals surface area contributed by atoms with Crippen LogP contribution in [-0.2, 0) is 6.54 Å². The maximum atomic E-state index is 13.6. The average Bonchev–Trinajstić information content (AvgIpc) is 3.24. The number of nitriles is 1. The maximum Gasteiger partial charge on any atom is 0.391 e. The number of hydrogen-bond donors (Lipinski definition) is 1. The summed E-state index contributed by atoms with van der Waals surface area (Å²) in [4.78, 5) is 28.1. The molecule has 1 N–H and O–H groups in total. The summed E-state index contributed by atoms with van der Waals surface area (Å²) in [5, 5.41) is 16.3. The number of anilines is 2. The highest BCUT2D eigenvalue weighted by atomic mass is 19.4. The molecule has 2 aromatic carbocycles. The van der Waals surface area contributed by atoms with E-state index in [-0.39, 0.29) is 53.2 Å². The van der Waals surface area contributed by atoms with E-state index in [1.54, 1.807) is 29.2 Å². The molecule has 196 valence electrons. The van der Waals surface area contributed by atoms with Gasteiger partial charge in [-0.15, -0.1) is 0 Å². The van der Waals surface area contributed by atoms with Gasteiger partial charge in [-0.05, 0) is 61.6 Å². The number of fused-ring (bicyclic) bond motifs is 1. The zero-order valence-electron chi connectivity index (χ0n) is 20.6. The lowest BCUT2D eigenvalue weighted by Gasteiger charge is -2.37. The number of amides is 2. The topological polar surface area (TPSA) is 100 Å². The van der Waals surface area contributed by atoms with Crippen molar-refractivity contribution < 1.29 is 27.5 Å². The molecule has 0 unspecified atom stereocenters. The molecule has 3 aromatic rings. The second-order valence-corrected chi connectivity index (χ2v) is 9.59. The average molecular weight is 524 g/mol. The molecule has 1 aromatic heterocycles. The second-order valence-electron chi connectivity index (χ2n) is 9.59. The number of hydrogen-bond acceptors (Lipinski definition) is 5. The number of alkyl halides is 3. The number of carbonyl (C=O) groups is 2. The molecular formula is C27H24F3N5O3. The first-order valence-corrected chi connectivity index (χ1v) is 12.1. The summed E-state index contributed by atoms with van der Waals surface area (Å²) in [6.07, 6.45) is -2.59. The zero-order chi connectivity index (χ0) is 27.2. The monoisotopic (exact) mass is 523 g/mol. The van der Waals surface area contributed by atoms with Gasteiger partial charge in [-0.1, -0.05) is 12.1 Å². The highest BCUT2D eigenvalue weighted by molar-refractivity contribution is 6.13. The van der Waals surface area contributed by atoms with E-state index in [0.717, 1.165) is 5.56 Å². The van der Waals surface area contributed by atoms with E-state index in [9.17, 15) is 28.0 Å². The Bertz CT molecular complexity index is 1440. The number of nitrogens with zero attached hydrogens (tertiary/aromatic N) is 4. The molecule has 1 aliphatic carbocycles. The fraction of sp³-hybridized carbons (Fsp3) is 0.333. The summed E-state index contributed by atoms with van der Waals surface area (Å²) in [5.74, 6) is -1.94. The lowest BCUT2D eigenvalue weighted by atomic mass is 9.71. The van der Waals surface area contributed by atoms with Crippen LogP contribution in [0.1, 0.15) is 57.7 Å². The highest BCUT2D eigenvalue weighted by Gasteiger charge is 2.48. The van der Waals surface area contributed by atoms with Gasteiger partial charge in [-0.3, -0.25) is 14.3 Å². The van der Waals surface area contributed by atoms with Crippen molar-refractivity contribution >= 4 is 23.2 Å². The number of nitrogens with one attached hydrogen (secondary N) is 1. The lowest BCUT2D eigenvalue weighted by molar-refractivity contribution is -0.197. The van der Waals surface area contributed by atoms with Crippen molar-refractivity contribution in [2.75, 3.05) is 17.3 Å². The molecule has 1 saturated carbocycles. The molecule has 2 amide bonds. The van der Waals surface area contributed by atoms with Crippen molar-refractivity contribution in [1.29, 1.82) is 5.26 Å². The van der Waals surface area contributed by atoms with Crippen molar-refractivity contribution in [3.05, 3.63) is 71.0 Å². The summed E-state index contributed by atoms with van der Waals surface area (Å²) in [5.41, 5.74) is 2.29. The van der Waals surface area contributed by atoms with Crippen molar-refractivity contribution in [3.63, 3.8) is 0 Å². The Kier molecular flexibility index (Phi) is 6.34. The molecule has 0 saturated heterocycles. The van der Waals surface area contributed by atoms with Gasteiger partial charge in [0, 0.05) is 11.3 Å². The lowest BCUT2D eigenvalue weighted by Crippen LogP contribution is -2.47. The standard InChI is InChI=1S/C27H24F3N5O3/c1-15-14-34-24(22(13-32-34)33-25(36)17-5-8-23(38-2)19(9-17)12-31)26(37)35(15)21-6-3-16(4-7-21)18-10-20(11-18)27(28,29)30/h3-9,13,15,18,20H,10-11,14H2,1-2H3,(H,33,36)/t15-,18-,20-/m0/s1. The first-order chi connectivity index (χ1) is 18.1. The van der Waals surface area contributed by atoms with Crippen molar-refractivity contribution in [2.24, 2.45) is 5.92 Å². The first kappa shape index (κ1) is 25.3. The van der Waals surface area contributed by atoms with Crippen LogP contribution in [-0.4, -0.2) is 40.9 Å². The van der Waals surface area contributed by atoms with Gasteiger partial charge in [0.2, 0.25) is 0 Å². The van der Waals surface area contributed by atoms with Gasteiger partial charge in [0.25, 0.3) is 11.8 Å². The zero-order valence-corrected chi connectivity index (χ0v) is 20.6. The Balaban J connectivity index is 1.34. The third-order valence-electron chi connectivity index (χ3n) is 7.21. The SMILES string of the molecule is COc1ccc(C(=O)Nc2cnn3c2C(=O)N(c2ccc([C@H]4C[C@H](C(F)(F)F)C4)cc2)[C@@H](C)C3)cc1C#N. The molecule has 0 spiro atoms. The number of aromatic nitrogens is 2. The summed E-state index contributed by atoms with van der Waals surface area (Å²) < 4.78 is 45.2. The van der Waals surface area contributed by atoms with E-state index in [1.165, 1.54) is 36.2 Å². The van der Waals surface area contributed by atoms with E-state index in [4.69, 9.17) is 4.74 Å². The maximum absolute atomic E-state index is 13.6. The van der Waals surface area contributed by atoms with E-state index < -0.39 is 18.0 Å². The van der Waals surface area contributed by atoms with Crippen LogP contribution >= 0.6 is 0 Å². The number of benzene rings is 2. The summed E-state index contributed by atoms with van der Waals surface area (Å²) in [6.45, 7) is 2.25. The quantitative estimate of drug-likeness (QED) is 0.500. The number of ether oxygens (including phenoxy) is 1. The molecule has 11 heteroatoms. The number of halogens is 3. The Labute approximate surface area is 216 Å². The van der Waals surface area contributed by atoms with Crippen LogP contribution in [0.25, 0.3) is 0 Å². The van der Waals surface area contributed by atoms with E-state index >= 15 is 0 Å². The van der Waals surface area contributed by atoms with Crippen molar-refractivity contribution in [1.82, 2.24) is 9.78 Å². The fourth-order valence-electron chi connectivity index (χ4n) is 5.05. The Morgan fingerprint density at radius 2 is 1.89 bits per heavy atom. The Hall–Kier alpha value is -4.33. The molecule has 1 aliphatic heterocycles.